The molecule has 3 nitrogen and oxygen atoms in total. The summed E-state index contributed by atoms with van der Waals surface area (Å²) in [7, 11) is 0. The van der Waals surface area contributed by atoms with Crippen molar-refractivity contribution in [2.45, 2.75) is 25.7 Å². The van der Waals surface area contributed by atoms with Crippen LogP contribution < -0.4 is 5.73 Å². The van der Waals surface area contributed by atoms with E-state index in [1.54, 1.807) is 4.90 Å². The Morgan fingerprint density at radius 3 is 2.44 bits per heavy atom. The van der Waals surface area contributed by atoms with Gasteiger partial charge in [-0.2, -0.15) is 0 Å². The molecule has 5 heteroatoms. The molecule has 2 rings (SSSR count). The van der Waals surface area contributed by atoms with E-state index in [-0.39, 0.29) is 15.9 Å². The van der Waals surface area contributed by atoms with Gasteiger partial charge in [0.15, 0.2) is 0 Å². The maximum atomic E-state index is 13.5. The molecule has 0 aromatic heterocycles. The van der Waals surface area contributed by atoms with Gasteiger partial charge in [0.25, 0.3) is 5.91 Å². The molecule has 0 spiro atoms. The van der Waals surface area contributed by atoms with Crippen molar-refractivity contribution >= 4 is 27.5 Å². The quantitative estimate of drug-likeness (QED) is 0.809. The van der Waals surface area contributed by atoms with Crippen LogP contribution in [0, 0.1) is 5.82 Å². The highest BCUT2D eigenvalue weighted by Gasteiger charge is 2.20. The standard InChI is InChI=1S/C13H16BrFN2O/c14-10-8-12(16)9(7-11(10)15)13(18)17-5-3-1-2-4-6-17/h7-8H,1-6,16H2. The van der Waals surface area contributed by atoms with Crippen molar-refractivity contribution < 1.29 is 9.18 Å². The van der Waals surface area contributed by atoms with Crippen LogP contribution in [0.25, 0.3) is 0 Å². The van der Waals surface area contributed by atoms with Crippen LogP contribution in [0.3, 0.4) is 0 Å². The number of rotatable bonds is 1. The van der Waals surface area contributed by atoms with Crippen molar-refractivity contribution in [3.63, 3.8) is 0 Å². The molecule has 0 aliphatic carbocycles. The van der Waals surface area contributed by atoms with Crippen LogP contribution in [-0.2, 0) is 0 Å². The fourth-order valence-electron chi connectivity index (χ4n) is 2.19. The molecular weight excluding hydrogens is 299 g/mol. The lowest BCUT2D eigenvalue weighted by Gasteiger charge is -2.21. The number of carbonyl (C=O) groups is 1. The molecule has 1 amide bonds. The third-order valence-electron chi connectivity index (χ3n) is 3.22. The van der Waals surface area contributed by atoms with E-state index in [0.29, 0.717) is 5.69 Å². The second-order valence-electron chi connectivity index (χ2n) is 4.56. The topological polar surface area (TPSA) is 46.3 Å². The summed E-state index contributed by atoms with van der Waals surface area (Å²) in [5.41, 5.74) is 6.37. The first-order chi connectivity index (χ1) is 8.59. The van der Waals surface area contributed by atoms with Crippen molar-refractivity contribution in [2.75, 3.05) is 18.8 Å². The second kappa shape index (κ2) is 5.69. The summed E-state index contributed by atoms with van der Waals surface area (Å²) in [5.74, 6) is -0.622. The Morgan fingerprint density at radius 1 is 1.22 bits per heavy atom. The molecule has 1 aromatic rings. The minimum Gasteiger partial charge on any atom is -0.398 e. The van der Waals surface area contributed by atoms with Crippen LogP contribution in [0.4, 0.5) is 10.1 Å². The summed E-state index contributed by atoms with van der Waals surface area (Å²) in [6, 6.07) is 2.66. The number of nitrogen functional groups attached to an aromatic ring is 1. The molecule has 1 saturated heterocycles. The van der Waals surface area contributed by atoms with Gasteiger partial charge in [-0.25, -0.2) is 4.39 Å². The van der Waals surface area contributed by atoms with E-state index in [1.807, 2.05) is 0 Å². The van der Waals surface area contributed by atoms with Gasteiger partial charge in [-0.15, -0.1) is 0 Å². The smallest absolute Gasteiger partial charge is 0.256 e. The molecular formula is C13H16BrFN2O. The molecule has 1 heterocycles. The molecule has 98 valence electrons. The Bertz CT molecular complexity index is 457. The molecule has 0 bridgehead atoms. The Hall–Kier alpha value is -1.10. The summed E-state index contributed by atoms with van der Waals surface area (Å²) in [4.78, 5) is 14.1. The summed E-state index contributed by atoms with van der Waals surface area (Å²) < 4.78 is 13.8. The van der Waals surface area contributed by atoms with Crippen molar-refractivity contribution in [3.8, 4) is 0 Å². The number of likely N-dealkylation sites (tertiary alicyclic amines) is 1. The Kier molecular flexibility index (Phi) is 4.22. The summed E-state index contributed by atoms with van der Waals surface area (Å²) >= 11 is 3.06. The van der Waals surface area contributed by atoms with Crippen LogP contribution in [-0.4, -0.2) is 23.9 Å². The number of nitrogens with two attached hydrogens (primary N) is 1. The fourth-order valence-corrected chi connectivity index (χ4v) is 2.55. The molecule has 1 aliphatic rings. The van der Waals surface area contributed by atoms with Gasteiger partial charge in [0.05, 0.1) is 10.0 Å². The Balaban J connectivity index is 2.24. The minimum atomic E-state index is -0.456. The van der Waals surface area contributed by atoms with E-state index in [1.165, 1.54) is 12.1 Å². The van der Waals surface area contributed by atoms with Gasteiger partial charge >= 0.3 is 0 Å². The molecule has 1 fully saturated rings. The lowest BCUT2D eigenvalue weighted by molar-refractivity contribution is 0.0762. The van der Waals surface area contributed by atoms with Crippen LogP contribution in [0.5, 0.6) is 0 Å². The maximum absolute atomic E-state index is 13.5. The van der Waals surface area contributed by atoms with Crippen LogP contribution in [0.2, 0.25) is 0 Å². The minimum absolute atomic E-state index is 0.166. The normalized spacial score (nSPS) is 16.4. The van der Waals surface area contributed by atoms with Crippen molar-refractivity contribution in [3.05, 3.63) is 28.0 Å². The van der Waals surface area contributed by atoms with Gasteiger partial charge in [0.1, 0.15) is 5.82 Å². The molecule has 0 saturated carbocycles. The highest BCUT2D eigenvalue weighted by molar-refractivity contribution is 9.10. The zero-order chi connectivity index (χ0) is 13.1. The summed E-state index contributed by atoms with van der Waals surface area (Å²) in [6.45, 7) is 1.46. The lowest BCUT2D eigenvalue weighted by Crippen LogP contribution is -2.32. The molecule has 0 unspecified atom stereocenters. The van der Waals surface area contributed by atoms with Gasteiger partial charge in [-0.1, -0.05) is 12.8 Å². The Labute approximate surface area is 114 Å². The zero-order valence-electron chi connectivity index (χ0n) is 10.1. The van der Waals surface area contributed by atoms with Crippen molar-refractivity contribution in [1.29, 1.82) is 0 Å². The number of hydrogen-bond acceptors (Lipinski definition) is 2. The molecule has 0 atom stereocenters. The highest BCUT2D eigenvalue weighted by Crippen LogP contribution is 2.24. The van der Waals surface area contributed by atoms with Crippen LogP contribution in [0.1, 0.15) is 36.0 Å². The first kappa shape index (κ1) is 13.3. The Morgan fingerprint density at radius 2 is 1.83 bits per heavy atom. The van der Waals surface area contributed by atoms with E-state index >= 15 is 0 Å². The van der Waals surface area contributed by atoms with Crippen LogP contribution in [0.15, 0.2) is 16.6 Å². The van der Waals surface area contributed by atoms with Gasteiger partial charge in [0.2, 0.25) is 0 Å². The number of amides is 1. The average molecular weight is 315 g/mol. The van der Waals surface area contributed by atoms with E-state index < -0.39 is 5.82 Å². The van der Waals surface area contributed by atoms with E-state index in [2.05, 4.69) is 15.9 Å². The molecule has 18 heavy (non-hydrogen) atoms. The third-order valence-corrected chi connectivity index (χ3v) is 3.82. The highest BCUT2D eigenvalue weighted by atomic mass is 79.9. The average Bonchev–Trinajstić information content (AvgIpc) is 2.61. The van der Waals surface area contributed by atoms with Crippen LogP contribution >= 0.6 is 15.9 Å². The van der Waals surface area contributed by atoms with E-state index in [9.17, 15) is 9.18 Å². The number of halogens is 2. The summed E-state index contributed by atoms with van der Waals surface area (Å²) in [5, 5.41) is 0. The monoisotopic (exact) mass is 314 g/mol. The van der Waals surface area contributed by atoms with Crippen molar-refractivity contribution in [2.24, 2.45) is 0 Å². The number of hydrogen-bond donors (Lipinski definition) is 1. The van der Waals surface area contributed by atoms with Gasteiger partial charge < -0.3 is 10.6 Å². The van der Waals surface area contributed by atoms with E-state index in [4.69, 9.17) is 5.73 Å². The molecule has 0 radical (unpaired) electrons. The first-order valence-corrected chi connectivity index (χ1v) is 6.92. The maximum Gasteiger partial charge on any atom is 0.256 e. The predicted molar refractivity (Wildman–Crippen MR) is 72.9 cm³/mol. The molecule has 2 N–H and O–H groups in total. The van der Waals surface area contributed by atoms with Gasteiger partial charge in [0, 0.05) is 18.8 Å². The van der Waals surface area contributed by atoms with Gasteiger partial charge in [-0.05, 0) is 40.9 Å². The fraction of sp³-hybridized carbons (Fsp3) is 0.462. The van der Waals surface area contributed by atoms with Crippen molar-refractivity contribution in [1.82, 2.24) is 4.90 Å². The SMILES string of the molecule is Nc1cc(Br)c(F)cc1C(=O)N1CCCCCC1. The third kappa shape index (κ3) is 2.83. The molecule has 1 aliphatic heterocycles. The van der Waals surface area contributed by atoms with E-state index in [0.717, 1.165) is 38.8 Å². The second-order valence-corrected chi connectivity index (χ2v) is 5.41. The number of benzene rings is 1. The zero-order valence-corrected chi connectivity index (χ0v) is 11.7. The molecule has 1 aromatic carbocycles. The largest absolute Gasteiger partial charge is 0.398 e. The first-order valence-electron chi connectivity index (χ1n) is 6.13. The number of nitrogens with zero attached hydrogens (tertiary/aromatic N) is 1. The number of anilines is 1. The predicted octanol–water partition coefficient (Wildman–Crippen LogP) is 3.19. The lowest BCUT2D eigenvalue weighted by atomic mass is 10.1. The summed E-state index contributed by atoms with van der Waals surface area (Å²) in [6.07, 6.45) is 4.30. The van der Waals surface area contributed by atoms with Gasteiger partial charge in [-0.3, -0.25) is 4.79 Å². The number of carbonyl (C=O) groups excluding carboxylic acids is 1.